The minimum Gasteiger partial charge on any atom is -1.00 e. The maximum absolute atomic E-state index is 2.29. The molecule has 0 aromatic carbocycles. The zero-order valence-electron chi connectivity index (χ0n) is 13.0. The molecule has 0 aliphatic heterocycles. The first-order chi connectivity index (χ1) is 7.91. The summed E-state index contributed by atoms with van der Waals surface area (Å²) in [5.74, 6) is 0. The van der Waals surface area contributed by atoms with E-state index in [4.69, 9.17) is 0 Å². The Kier molecular flexibility index (Phi) is 40.9. The molecule has 0 nitrogen and oxygen atoms in total. The van der Waals surface area contributed by atoms with Crippen LogP contribution in [-0.4, -0.2) is 0 Å². The molecule has 0 rings (SSSR count). The zero-order chi connectivity index (χ0) is 11.9. The molecule has 0 unspecified atom stereocenters. The van der Waals surface area contributed by atoms with Gasteiger partial charge in [0.15, 0.2) is 0 Å². The van der Waals surface area contributed by atoms with Gasteiger partial charge in [0.1, 0.15) is 0 Å². The Morgan fingerprint density at radius 3 is 0.684 bits per heavy atom. The van der Waals surface area contributed by atoms with Gasteiger partial charge in [-0.05, 0) is 0 Å². The average molecular weight is 352 g/mol. The first kappa shape index (κ1) is 28.3. The van der Waals surface area contributed by atoms with E-state index in [9.17, 15) is 0 Å². The number of hydrogen-bond donors (Lipinski definition) is 0. The number of halogens is 2. The van der Waals surface area contributed by atoms with Crippen molar-refractivity contribution in [1.29, 1.82) is 0 Å². The van der Waals surface area contributed by atoms with E-state index in [0.717, 1.165) is 0 Å². The minimum absolute atomic E-state index is 0. The summed E-state index contributed by atoms with van der Waals surface area (Å²) >= 11 is 0. The molecule has 19 heavy (non-hydrogen) atoms. The Hall–Kier alpha value is 1.10. The summed E-state index contributed by atoms with van der Waals surface area (Å²) in [6.45, 7) is 4.58. The molecule has 0 bridgehead atoms. The van der Waals surface area contributed by atoms with Crippen molar-refractivity contribution in [2.75, 3.05) is 0 Å². The molecule has 1 radical (unpaired) electrons. The minimum atomic E-state index is 0. The summed E-state index contributed by atoms with van der Waals surface area (Å²) in [6, 6.07) is 0. The van der Waals surface area contributed by atoms with Crippen LogP contribution in [0.3, 0.4) is 0 Å². The molecule has 3 heteroatoms. The molecule has 0 aliphatic rings. The van der Waals surface area contributed by atoms with Gasteiger partial charge in [-0.3, -0.25) is 0 Å². The van der Waals surface area contributed by atoms with Crippen LogP contribution in [0.15, 0.2) is 0 Å². The van der Waals surface area contributed by atoms with E-state index in [1.807, 2.05) is 0 Å². The number of rotatable bonds is 13. The van der Waals surface area contributed by atoms with Crippen molar-refractivity contribution >= 4 is 0 Å². The van der Waals surface area contributed by atoms with Crippen LogP contribution in [0.5, 0.6) is 0 Å². The molecule has 0 fully saturated rings. The molecular weight excluding hydrogens is 318 g/mol. The van der Waals surface area contributed by atoms with Crippen molar-refractivity contribution in [2.45, 2.75) is 104 Å². The summed E-state index contributed by atoms with van der Waals surface area (Å²) in [5, 5.41) is 0. The molecule has 0 aromatic rings. The molecule has 0 N–H and O–H groups in total. The fourth-order valence-electron chi connectivity index (χ4n) is 2.27. The SMILES string of the molecule is CCCCCCCCCCCCCCCC.[Cl-].[Cl-].[Mn+2]. The van der Waals surface area contributed by atoms with Gasteiger partial charge in [0.25, 0.3) is 0 Å². The van der Waals surface area contributed by atoms with Crippen LogP contribution < -0.4 is 24.8 Å². The molecule has 0 aliphatic carbocycles. The Balaban J connectivity index is -0.000000375. The molecule has 119 valence electrons. The topological polar surface area (TPSA) is 0 Å². The molecule has 0 amide bonds. The second-order valence-electron chi connectivity index (χ2n) is 5.24. The van der Waals surface area contributed by atoms with Crippen LogP contribution in [-0.2, 0) is 17.1 Å². The monoisotopic (exact) mass is 351 g/mol. The van der Waals surface area contributed by atoms with E-state index >= 15 is 0 Å². The largest absolute Gasteiger partial charge is 2.00 e. The second kappa shape index (κ2) is 27.4. The summed E-state index contributed by atoms with van der Waals surface area (Å²) in [6.07, 6.45) is 20.4. The molecule has 0 spiro atoms. The van der Waals surface area contributed by atoms with Gasteiger partial charge in [0.2, 0.25) is 0 Å². The third-order valence-corrected chi connectivity index (χ3v) is 3.46. The summed E-state index contributed by atoms with van der Waals surface area (Å²) in [7, 11) is 0. The van der Waals surface area contributed by atoms with Gasteiger partial charge in [-0.25, -0.2) is 0 Å². The normalized spacial score (nSPS) is 9.16. The fourth-order valence-corrected chi connectivity index (χ4v) is 2.27. The number of hydrogen-bond acceptors (Lipinski definition) is 0. The van der Waals surface area contributed by atoms with Crippen LogP contribution >= 0.6 is 0 Å². The van der Waals surface area contributed by atoms with Gasteiger partial charge in [-0.15, -0.1) is 0 Å². The maximum Gasteiger partial charge on any atom is 2.00 e. The Morgan fingerprint density at radius 1 is 0.368 bits per heavy atom. The van der Waals surface area contributed by atoms with E-state index in [-0.39, 0.29) is 41.9 Å². The van der Waals surface area contributed by atoms with Crippen LogP contribution in [0.1, 0.15) is 104 Å². The first-order valence-electron chi connectivity index (χ1n) is 7.91. The van der Waals surface area contributed by atoms with Crippen molar-refractivity contribution in [1.82, 2.24) is 0 Å². The third-order valence-electron chi connectivity index (χ3n) is 3.46. The molecule has 0 saturated heterocycles. The van der Waals surface area contributed by atoms with Crippen molar-refractivity contribution in [3.05, 3.63) is 0 Å². The first-order valence-corrected chi connectivity index (χ1v) is 7.91. The fraction of sp³-hybridized carbons (Fsp3) is 1.00. The van der Waals surface area contributed by atoms with Crippen LogP contribution in [0.2, 0.25) is 0 Å². The molecule has 0 heterocycles. The smallest absolute Gasteiger partial charge is 1.00 e. The Morgan fingerprint density at radius 2 is 0.526 bits per heavy atom. The summed E-state index contributed by atoms with van der Waals surface area (Å²) in [4.78, 5) is 0. The summed E-state index contributed by atoms with van der Waals surface area (Å²) < 4.78 is 0. The van der Waals surface area contributed by atoms with Gasteiger partial charge in [0, 0.05) is 0 Å². The Bertz CT molecular complexity index is 107. The van der Waals surface area contributed by atoms with Gasteiger partial charge >= 0.3 is 17.1 Å². The predicted molar refractivity (Wildman–Crippen MR) is 76.0 cm³/mol. The van der Waals surface area contributed by atoms with Crippen molar-refractivity contribution < 1.29 is 41.9 Å². The standard InChI is InChI=1S/C16H34.2ClH.Mn/c1-3-5-7-9-11-13-15-16-14-12-10-8-6-4-2;;;/h3-16H2,1-2H3;2*1H;/q;;;+2/p-2. The van der Waals surface area contributed by atoms with Crippen molar-refractivity contribution in [3.63, 3.8) is 0 Å². The molecular formula is C16H34Cl2Mn. The average Bonchev–Trinajstić information content (AvgIpc) is 2.31. The van der Waals surface area contributed by atoms with Crippen LogP contribution in [0, 0.1) is 0 Å². The maximum atomic E-state index is 2.29. The molecule has 0 saturated carbocycles. The molecule has 0 aromatic heterocycles. The van der Waals surface area contributed by atoms with E-state index in [1.54, 1.807) is 0 Å². The van der Waals surface area contributed by atoms with E-state index in [2.05, 4.69) is 13.8 Å². The third kappa shape index (κ3) is 28.1. The van der Waals surface area contributed by atoms with Gasteiger partial charge in [-0.1, -0.05) is 104 Å². The van der Waals surface area contributed by atoms with E-state index < -0.39 is 0 Å². The Labute approximate surface area is 145 Å². The predicted octanol–water partition coefficient (Wildman–Crippen LogP) is 0.493. The summed E-state index contributed by atoms with van der Waals surface area (Å²) in [5.41, 5.74) is 0. The van der Waals surface area contributed by atoms with E-state index in [1.165, 1.54) is 89.9 Å². The van der Waals surface area contributed by atoms with Crippen LogP contribution in [0.25, 0.3) is 0 Å². The van der Waals surface area contributed by atoms with E-state index in [0.29, 0.717) is 0 Å². The van der Waals surface area contributed by atoms with Gasteiger partial charge < -0.3 is 24.8 Å². The second-order valence-corrected chi connectivity index (χ2v) is 5.24. The molecule has 0 atom stereocenters. The van der Waals surface area contributed by atoms with Gasteiger partial charge in [-0.2, -0.15) is 0 Å². The zero-order valence-corrected chi connectivity index (χ0v) is 15.7. The van der Waals surface area contributed by atoms with Gasteiger partial charge in [0.05, 0.1) is 0 Å². The number of unbranched alkanes of at least 4 members (excludes halogenated alkanes) is 13. The quantitative estimate of drug-likeness (QED) is 0.334. The van der Waals surface area contributed by atoms with Crippen molar-refractivity contribution in [2.24, 2.45) is 0 Å². The van der Waals surface area contributed by atoms with Crippen LogP contribution in [0.4, 0.5) is 0 Å². The van der Waals surface area contributed by atoms with Crippen molar-refractivity contribution in [3.8, 4) is 0 Å².